The lowest BCUT2D eigenvalue weighted by molar-refractivity contribution is 0.586. The molecule has 10 nitrogen and oxygen atoms in total. The van der Waals surface area contributed by atoms with Crippen LogP contribution in [-0.4, -0.2) is 44.8 Å². The molecule has 236 valence electrons. The maximum atomic E-state index is 15.4. The molecule has 4 aromatic heterocycles. The van der Waals surface area contributed by atoms with Crippen LogP contribution in [0, 0.1) is 11.6 Å². The third-order valence-electron chi connectivity index (χ3n) is 7.65. The van der Waals surface area contributed by atoms with Gasteiger partial charge >= 0.3 is 0 Å². The Balaban J connectivity index is 1.21. The Morgan fingerprint density at radius 1 is 0.809 bits per heavy atom. The Morgan fingerprint density at radius 3 is 2.45 bits per heavy atom. The molecule has 0 radical (unpaired) electrons. The molecule has 0 unspecified atom stereocenters. The maximum Gasteiger partial charge on any atom is 0.209 e. The summed E-state index contributed by atoms with van der Waals surface area (Å²) >= 11 is 0. The van der Waals surface area contributed by atoms with Gasteiger partial charge in [0, 0.05) is 66.4 Å². The SMILES string of the molecule is CS(=O)(=O)NCc1cc(F)cc(-c2nccc3[nH]c(-c4n[nH]c5cc(F)c(-c6cncc(CNCc7ccccc7)c6)cc45)nc23)c1. The Bertz CT molecular complexity index is 2360. The molecule has 0 amide bonds. The van der Waals surface area contributed by atoms with E-state index in [-0.39, 0.29) is 6.54 Å². The average Bonchev–Trinajstić information content (AvgIpc) is 3.67. The molecule has 0 saturated carbocycles. The summed E-state index contributed by atoms with van der Waals surface area (Å²) in [5.41, 5.74) is 6.38. The number of benzene rings is 3. The van der Waals surface area contributed by atoms with Gasteiger partial charge in [0.05, 0.1) is 23.0 Å². The van der Waals surface area contributed by atoms with E-state index in [0.717, 1.165) is 17.4 Å². The van der Waals surface area contributed by atoms with E-state index in [4.69, 9.17) is 4.98 Å². The zero-order valence-electron chi connectivity index (χ0n) is 25.1. The number of halogens is 2. The number of rotatable bonds is 10. The number of fused-ring (bicyclic) bond motifs is 2. The van der Waals surface area contributed by atoms with Crippen LogP contribution in [0.25, 0.3) is 55.8 Å². The van der Waals surface area contributed by atoms with E-state index in [9.17, 15) is 12.8 Å². The average molecular weight is 651 g/mol. The van der Waals surface area contributed by atoms with Gasteiger partial charge in [-0.2, -0.15) is 5.10 Å². The fourth-order valence-corrected chi connectivity index (χ4v) is 5.91. The monoisotopic (exact) mass is 650 g/mol. The summed E-state index contributed by atoms with van der Waals surface area (Å²) in [5.74, 6) is -0.557. The third-order valence-corrected chi connectivity index (χ3v) is 8.32. The van der Waals surface area contributed by atoms with Crippen LogP contribution in [0.4, 0.5) is 8.78 Å². The number of imidazole rings is 1. The number of nitrogens with one attached hydrogen (secondary N) is 4. The first-order valence-electron chi connectivity index (χ1n) is 14.7. The standard InChI is InChI=1S/C34H28F2N8O2S/c1-47(45,46)40-18-21-9-23(12-25(35)11-21)31-33-29(7-8-39-31)41-34(42-33)32-27-13-26(28(36)14-30(27)43-44-32)24-10-22(17-38-19-24)16-37-15-20-5-3-2-4-6-20/h2-14,17,19,37,40H,15-16,18H2,1H3,(H,41,42)(H,43,44). The van der Waals surface area contributed by atoms with Crippen molar-refractivity contribution >= 4 is 32.0 Å². The second-order valence-corrected chi connectivity index (χ2v) is 13.0. The van der Waals surface area contributed by atoms with Gasteiger partial charge in [-0.05, 0) is 53.1 Å². The highest BCUT2D eigenvalue weighted by atomic mass is 32.2. The van der Waals surface area contributed by atoms with Gasteiger partial charge in [-0.15, -0.1) is 0 Å². The van der Waals surface area contributed by atoms with Crippen LogP contribution in [0.1, 0.15) is 16.7 Å². The van der Waals surface area contributed by atoms with Gasteiger partial charge in [0.25, 0.3) is 0 Å². The molecule has 0 aliphatic rings. The van der Waals surface area contributed by atoms with Gasteiger partial charge < -0.3 is 10.3 Å². The molecule has 7 aromatic rings. The Morgan fingerprint density at radius 2 is 1.62 bits per heavy atom. The summed E-state index contributed by atoms with van der Waals surface area (Å²) in [5, 5.41) is 11.4. The van der Waals surface area contributed by atoms with Crippen LogP contribution >= 0.6 is 0 Å². The third kappa shape index (κ3) is 6.63. The predicted octanol–water partition coefficient (Wildman–Crippen LogP) is 5.85. The topological polar surface area (TPSA) is 141 Å². The van der Waals surface area contributed by atoms with Crippen molar-refractivity contribution in [3.05, 3.63) is 120 Å². The quantitative estimate of drug-likeness (QED) is 0.146. The predicted molar refractivity (Wildman–Crippen MR) is 176 cm³/mol. The van der Waals surface area contributed by atoms with E-state index in [1.165, 1.54) is 18.2 Å². The first kappa shape index (κ1) is 30.3. The van der Waals surface area contributed by atoms with Gasteiger partial charge in [0.1, 0.15) is 22.8 Å². The molecule has 4 heterocycles. The number of hydrogen-bond acceptors (Lipinski definition) is 7. The van der Waals surface area contributed by atoms with Crippen molar-refractivity contribution in [3.8, 4) is 33.9 Å². The van der Waals surface area contributed by atoms with Gasteiger partial charge in [-0.1, -0.05) is 30.3 Å². The van der Waals surface area contributed by atoms with Crippen molar-refractivity contribution in [2.24, 2.45) is 0 Å². The lowest BCUT2D eigenvalue weighted by Crippen LogP contribution is -2.21. The molecule has 0 aliphatic heterocycles. The smallest absolute Gasteiger partial charge is 0.209 e. The van der Waals surface area contributed by atoms with Crippen molar-refractivity contribution in [2.75, 3.05) is 6.26 Å². The minimum atomic E-state index is -3.47. The van der Waals surface area contributed by atoms with Crippen LogP contribution in [-0.2, 0) is 29.7 Å². The molecular weight excluding hydrogens is 622 g/mol. The first-order valence-corrected chi connectivity index (χ1v) is 16.6. The summed E-state index contributed by atoms with van der Waals surface area (Å²) in [4.78, 5) is 16.9. The number of pyridine rings is 2. The van der Waals surface area contributed by atoms with Crippen LogP contribution in [0.2, 0.25) is 0 Å². The summed E-state index contributed by atoms with van der Waals surface area (Å²) in [6, 6.07) is 21.1. The number of sulfonamides is 1. The van der Waals surface area contributed by atoms with Gasteiger partial charge in [-0.25, -0.2) is 26.9 Å². The van der Waals surface area contributed by atoms with Crippen LogP contribution in [0.5, 0.6) is 0 Å². The van der Waals surface area contributed by atoms with Crippen LogP contribution < -0.4 is 10.0 Å². The maximum absolute atomic E-state index is 15.4. The second kappa shape index (κ2) is 12.4. The first-order chi connectivity index (χ1) is 22.7. The highest BCUT2D eigenvalue weighted by Crippen LogP contribution is 2.34. The highest BCUT2D eigenvalue weighted by molar-refractivity contribution is 7.88. The van der Waals surface area contributed by atoms with Gasteiger partial charge in [0.15, 0.2) is 5.82 Å². The molecule has 0 saturated heterocycles. The highest BCUT2D eigenvalue weighted by Gasteiger charge is 2.19. The van der Waals surface area contributed by atoms with Crippen molar-refractivity contribution in [1.82, 2.24) is 40.2 Å². The van der Waals surface area contributed by atoms with E-state index in [1.54, 1.807) is 36.8 Å². The Kier molecular flexibility index (Phi) is 8.02. The summed E-state index contributed by atoms with van der Waals surface area (Å²) in [7, 11) is -3.47. The molecule has 47 heavy (non-hydrogen) atoms. The van der Waals surface area contributed by atoms with E-state index in [1.807, 2.05) is 36.4 Å². The van der Waals surface area contributed by atoms with Gasteiger partial charge in [-0.3, -0.25) is 15.1 Å². The van der Waals surface area contributed by atoms with E-state index in [0.29, 0.717) is 74.5 Å². The molecule has 0 aliphatic carbocycles. The van der Waals surface area contributed by atoms with E-state index >= 15 is 4.39 Å². The molecule has 0 bridgehead atoms. The van der Waals surface area contributed by atoms with Crippen molar-refractivity contribution in [2.45, 2.75) is 19.6 Å². The molecule has 4 N–H and O–H groups in total. The molecule has 7 rings (SSSR count). The van der Waals surface area contributed by atoms with Crippen molar-refractivity contribution in [3.63, 3.8) is 0 Å². The fraction of sp³-hybridized carbons (Fsp3) is 0.118. The summed E-state index contributed by atoms with van der Waals surface area (Å²) < 4.78 is 55.6. The largest absolute Gasteiger partial charge is 0.336 e. The fourth-order valence-electron chi connectivity index (χ4n) is 5.48. The number of aromatic nitrogens is 6. The minimum absolute atomic E-state index is 0.0772. The normalized spacial score (nSPS) is 11.9. The Labute approximate surface area is 268 Å². The number of H-pyrrole nitrogens is 2. The minimum Gasteiger partial charge on any atom is -0.336 e. The molecule has 13 heteroatoms. The van der Waals surface area contributed by atoms with E-state index in [2.05, 4.69) is 35.2 Å². The molecule has 0 fully saturated rings. The van der Waals surface area contributed by atoms with Crippen molar-refractivity contribution in [1.29, 1.82) is 0 Å². The molecular formula is C34H28F2N8O2S. The lowest BCUT2D eigenvalue weighted by Gasteiger charge is -2.08. The van der Waals surface area contributed by atoms with Crippen LogP contribution in [0.3, 0.4) is 0 Å². The van der Waals surface area contributed by atoms with E-state index < -0.39 is 21.7 Å². The molecule has 3 aromatic carbocycles. The Hall–Kier alpha value is -5.37. The zero-order valence-corrected chi connectivity index (χ0v) is 25.9. The summed E-state index contributed by atoms with van der Waals surface area (Å²) in [6.07, 6.45) is 5.99. The van der Waals surface area contributed by atoms with Crippen LogP contribution in [0.15, 0.2) is 91.4 Å². The molecule has 0 spiro atoms. The van der Waals surface area contributed by atoms with Crippen molar-refractivity contribution < 1.29 is 17.2 Å². The number of hydrogen-bond donors (Lipinski definition) is 4. The molecule has 0 atom stereocenters. The van der Waals surface area contributed by atoms with Gasteiger partial charge in [0.2, 0.25) is 10.0 Å². The summed E-state index contributed by atoms with van der Waals surface area (Å²) in [6.45, 7) is 1.18. The lowest BCUT2D eigenvalue weighted by atomic mass is 10.0. The number of aromatic amines is 2. The number of nitrogens with zero attached hydrogens (tertiary/aromatic N) is 4. The zero-order chi connectivity index (χ0) is 32.5. The second-order valence-electron chi connectivity index (χ2n) is 11.2.